The maximum absolute atomic E-state index is 11.0. The first-order chi connectivity index (χ1) is 9.93. The Kier molecular flexibility index (Phi) is 4.31. The van der Waals surface area contributed by atoms with Gasteiger partial charge in [0.05, 0.1) is 24.4 Å². The Labute approximate surface area is 124 Å². The first-order valence-corrected chi connectivity index (χ1v) is 6.86. The Morgan fingerprint density at radius 2 is 2.14 bits per heavy atom. The van der Waals surface area contributed by atoms with Crippen LogP contribution in [0.1, 0.15) is 23.9 Å². The number of aliphatic carboxylic acids is 1. The highest BCUT2D eigenvalue weighted by Gasteiger charge is 2.19. The van der Waals surface area contributed by atoms with Crippen LogP contribution in [-0.4, -0.2) is 28.0 Å². The van der Waals surface area contributed by atoms with E-state index in [0.717, 1.165) is 28.4 Å². The van der Waals surface area contributed by atoms with Crippen molar-refractivity contribution in [2.24, 2.45) is 5.92 Å². The number of hydrogen-bond acceptors (Lipinski definition) is 3. The number of nitrogens with zero attached hydrogens (tertiary/aromatic N) is 2. The fourth-order valence-electron chi connectivity index (χ4n) is 2.36. The molecule has 5 heteroatoms. The van der Waals surface area contributed by atoms with Gasteiger partial charge in [-0.3, -0.25) is 4.79 Å². The number of benzene rings is 1. The Morgan fingerprint density at radius 3 is 2.76 bits per heavy atom. The SMILES string of the molecule is COc1cccc(-n2nc(C)c(CC(C)C(=O)O)c2C)c1. The van der Waals surface area contributed by atoms with Crippen LogP contribution in [0.4, 0.5) is 0 Å². The van der Waals surface area contributed by atoms with Crippen LogP contribution in [0.25, 0.3) is 5.69 Å². The number of hydrogen-bond donors (Lipinski definition) is 1. The number of rotatable bonds is 5. The Morgan fingerprint density at radius 1 is 1.43 bits per heavy atom. The first kappa shape index (κ1) is 15.1. The number of aromatic nitrogens is 2. The standard InChI is InChI=1S/C16H20N2O3/c1-10(16(19)20)8-15-11(2)17-18(12(15)3)13-6-5-7-14(9-13)21-4/h5-7,9-10H,8H2,1-4H3,(H,19,20). The molecule has 0 spiro atoms. The smallest absolute Gasteiger partial charge is 0.306 e. The molecular weight excluding hydrogens is 268 g/mol. The molecule has 1 aromatic heterocycles. The van der Waals surface area contributed by atoms with Crippen molar-refractivity contribution in [3.8, 4) is 11.4 Å². The van der Waals surface area contributed by atoms with Gasteiger partial charge < -0.3 is 9.84 Å². The predicted molar refractivity (Wildman–Crippen MR) is 80.1 cm³/mol. The maximum atomic E-state index is 11.0. The summed E-state index contributed by atoms with van der Waals surface area (Å²) in [5.41, 5.74) is 3.73. The van der Waals surface area contributed by atoms with E-state index in [4.69, 9.17) is 9.84 Å². The topological polar surface area (TPSA) is 64.4 Å². The van der Waals surface area contributed by atoms with Crippen molar-refractivity contribution in [3.05, 3.63) is 41.2 Å². The van der Waals surface area contributed by atoms with Crippen molar-refractivity contribution in [1.29, 1.82) is 0 Å². The summed E-state index contributed by atoms with van der Waals surface area (Å²) in [6, 6.07) is 7.64. The van der Waals surface area contributed by atoms with Crippen LogP contribution in [0.2, 0.25) is 0 Å². The molecule has 0 amide bonds. The van der Waals surface area contributed by atoms with Gasteiger partial charge in [-0.2, -0.15) is 5.10 Å². The molecule has 112 valence electrons. The molecule has 2 aromatic rings. The van der Waals surface area contributed by atoms with Crippen molar-refractivity contribution >= 4 is 5.97 Å². The van der Waals surface area contributed by atoms with Gasteiger partial charge in [0.25, 0.3) is 0 Å². The lowest BCUT2D eigenvalue weighted by molar-refractivity contribution is -0.141. The summed E-state index contributed by atoms with van der Waals surface area (Å²) in [7, 11) is 1.63. The minimum absolute atomic E-state index is 0.426. The zero-order chi connectivity index (χ0) is 15.6. The summed E-state index contributed by atoms with van der Waals surface area (Å²) in [6.45, 7) is 5.58. The molecule has 0 radical (unpaired) electrons. The van der Waals surface area contributed by atoms with Crippen molar-refractivity contribution in [1.82, 2.24) is 9.78 Å². The molecule has 0 aliphatic rings. The van der Waals surface area contributed by atoms with E-state index >= 15 is 0 Å². The van der Waals surface area contributed by atoms with Crippen LogP contribution in [-0.2, 0) is 11.2 Å². The molecule has 0 fully saturated rings. The quantitative estimate of drug-likeness (QED) is 0.918. The second-order valence-electron chi connectivity index (χ2n) is 5.21. The third kappa shape index (κ3) is 3.07. The van der Waals surface area contributed by atoms with Gasteiger partial charge in [-0.15, -0.1) is 0 Å². The molecular formula is C16H20N2O3. The number of carboxylic acid groups (broad SMARTS) is 1. The number of carbonyl (C=O) groups is 1. The largest absolute Gasteiger partial charge is 0.497 e. The Bertz CT molecular complexity index is 662. The lowest BCUT2D eigenvalue weighted by atomic mass is 10.00. The van der Waals surface area contributed by atoms with Crippen molar-refractivity contribution in [2.75, 3.05) is 7.11 Å². The summed E-state index contributed by atoms with van der Waals surface area (Å²) in [6.07, 6.45) is 0.483. The van der Waals surface area contributed by atoms with Gasteiger partial charge in [-0.25, -0.2) is 4.68 Å². The normalized spacial score (nSPS) is 12.2. The van der Waals surface area contributed by atoms with Crippen molar-refractivity contribution in [2.45, 2.75) is 27.2 Å². The number of ether oxygens (including phenoxy) is 1. The molecule has 0 saturated carbocycles. The zero-order valence-electron chi connectivity index (χ0n) is 12.8. The minimum Gasteiger partial charge on any atom is -0.497 e. The van der Waals surface area contributed by atoms with Crippen molar-refractivity contribution < 1.29 is 14.6 Å². The molecule has 1 heterocycles. The average molecular weight is 288 g/mol. The minimum atomic E-state index is -0.789. The summed E-state index contributed by atoms with van der Waals surface area (Å²) in [5.74, 6) is -0.450. The third-order valence-corrected chi connectivity index (χ3v) is 3.67. The van der Waals surface area contributed by atoms with Crippen LogP contribution >= 0.6 is 0 Å². The van der Waals surface area contributed by atoms with Crippen molar-refractivity contribution in [3.63, 3.8) is 0 Å². The molecule has 21 heavy (non-hydrogen) atoms. The van der Waals surface area contributed by atoms with Gasteiger partial charge in [0.15, 0.2) is 0 Å². The van der Waals surface area contributed by atoms with Gasteiger partial charge in [0.2, 0.25) is 0 Å². The van der Waals surface area contributed by atoms with Gasteiger partial charge in [0.1, 0.15) is 5.75 Å². The van der Waals surface area contributed by atoms with Crippen LogP contribution < -0.4 is 4.74 Å². The highest BCUT2D eigenvalue weighted by atomic mass is 16.5. The lowest BCUT2D eigenvalue weighted by Gasteiger charge is -2.09. The second kappa shape index (κ2) is 5.99. The summed E-state index contributed by atoms with van der Waals surface area (Å²) in [4.78, 5) is 11.0. The van der Waals surface area contributed by atoms with E-state index in [1.165, 1.54) is 0 Å². The van der Waals surface area contributed by atoms with E-state index < -0.39 is 11.9 Å². The molecule has 0 saturated heterocycles. The fourth-order valence-corrected chi connectivity index (χ4v) is 2.36. The van der Waals surface area contributed by atoms with E-state index in [2.05, 4.69) is 5.10 Å². The molecule has 1 unspecified atom stereocenters. The van der Waals surface area contributed by atoms with Crippen LogP contribution in [0, 0.1) is 19.8 Å². The molecule has 0 aliphatic carbocycles. The number of methoxy groups -OCH3 is 1. The average Bonchev–Trinajstić information content (AvgIpc) is 2.75. The van der Waals surface area contributed by atoms with E-state index in [0.29, 0.717) is 6.42 Å². The molecule has 1 aromatic carbocycles. The maximum Gasteiger partial charge on any atom is 0.306 e. The molecule has 0 bridgehead atoms. The molecule has 5 nitrogen and oxygen atoms in total. The highest BCUT2D eigenvalue weighted by Crippen LogP contribution is 2.23. The molecule has 1 atom stereocenters. The number of carboxylic acids is 1. The zero-order valence-corrected chi connectivity index (χ0v) is 12.8. The predicted octanol–water partition coefficient (Wildman–Crippen LogP) is 2.76. The number of aryl methyl sites for hydroxylation is 1. The molecule has 0 aliphatic heterocycles. The van der Waals surface area contributed by atoms with Crippen LogP contribution in [0.5, 0.6) is 5.75 Å². The second-order valence-corrected chi connectivity index (χ2v) is 5.21. The van der Waals surface area contributed by atoms with Gasteiger partial charge in [-0.05, 0) is 38.0 Å². The summed E-state index contributed by atoms with van der Waals surface area (Å²) >= 11 is 0. The van der Waals surface area contributed by atoms with E-state index in [1.807, 2.05) is 42.8 Å². The fraction of sp³-hybridized carbons (Fsp3) is 0.375. The molecule has 1 N–H and O–H groups in total. The van der Waals surface area contributed by atoms with Crippen LogP contribution in [0.3, 0.4) is 0 Å². The Balaban J connectivity index is 2.40. The van der Waals surface area contributed by atoms with E-state index in [-0.39, 0.29) is 0 Å². The first-order valence-electron chi connectivity index (χ1n) is 6.86. The Hall–Kier alpha value is -2.30. The summed E-state index contributed by atoms with van der Waals surface area (Å²) < 4.78 is 7.07. The third-order valence-electron chi connectivity index (χ3n) is 3.67. The van der Waals surface area contributed by atoms with Gasteiger partial charge >= 0.3 is 5.97 Å². The van der Waals surface area contributed by atoms with E-state index in [9.17, 15) is 4.79 Å². The van der Waals surface area contributed by atoms with Gasteiger partial charge in [0, 0.05) is 11.8 Å². The highest BCUT2D eigenvalue weighted by molar-refractivity contribution is 5.70. The summed E-state index contributed by atoms with van der Waals surface area (Å²) in [5, 5.41) is 13.6. The van der Waals surface area contributed by atoms with E-state index in [1.54, 1.807) is 14.0 Å². The molecule has 2 rings (SSSR count). The van der Waals surface area contributed by atoms with Crippen LogP contribution in [0.15, 0.2) is 24.3 Å². The lowest BCUT2D eigenvalue weighted by Crippen LogP contribution is -2.13. The monoisotopic (exact) mass is 288 g/mol. The van der Waals surface area contributed by atoms with Gasteiger partial charge in [-0.1, -0.05) is 13.0 Å².